The van der Waals surface area contributed by atoms with Crippen LogP contribution in [-0.4, -0.2) is 15.0 Å². The first kappa shape index (κ1) is 8.12. The van der Waals surface area contributed by atoms with Crippen molar-refractivity contribution >= 4 is 16.5 Å². The van der Waals surface area contributed by atoms with E-state index in [0.29, 0.717) is 6.54 Å². The molecular formula is C8H8N4S. The van der Waals surface area contributed by atoms with Crippen LogP contribution in [0.25, 0.3) is 0 Å². The number of thiazole rings is 1. The van der Waals surface area contributed by atoms with E-state index in [-0.39, 0.29) is 0 Å². The molecule has 2 aromatic heterocycles. The number of anilines is 1. The maximum absolute atomic E-state index is 4.10. The molecule has 0 atom stereocenters. The molecule has 2 heterocycles. The largest absolute Gasteiger partial charge is 0.356 e. The number of rotatable bonds is 3. The SMILES string of the molecule is c1cc(CNc2nccs2)ncn1. The third kappa shape index (κ3) is 2.22. The Balaban J connectivity index is 1.94. The van der Waals surface area contributed by atoms with Crippen LogP contribution >= 0.6 is 11.3 Å². The zero-order valence-corrected chi connectivity index (χ0v) is 7.66. The van der Waals surface area contributed by atoms with Gasteiger partial charge in [0.2, 0.25) is 0 Å². The fourth-order valence-electron chi connectivity index (χ4n) is 0.900. The molecule has 2 aromatic rings. The van der Waals surface area contributed by atoms with E-state index < -0.39 is 0 Å². The van der Waals surface area contributed by atoms with E-state index in [1.807, 2.05) is 11.4 Å². The number of hydrogen-bond acceptors (Lipinski definition) is 5. The molecule has 66 valence electrons. The Morgan fingerprint density at radius 2 is 2.31 bits per heavy atom. The van der Waals surface area contributed by atoms with E-state index >= 15 is 0 Å². The van der Waals surface area contributed by atoms with E-state index in [0.717, 1.165) is 10.8 Å². The maximum Gasteiger partial charge on any atom is 0.182 e. The molecule has 0 aliphatic rings. The average Bonchev–Trinajstić information content (AvgIpc) is 2.69. The van der Waals surface area contributed by atoms with Crippen LogP contribution in [0.15, 0.2) is 30.2 Å². The smallest absolute Gasteiger partial charge is 0.182 e. The van der Waals surface area contributed by atoms with Crippen LogP contribution in [-0.2, 0) is 6.54 Å². The highest BCUT2D eigenvalue weighted by molar-refractivity contribution is 7.13. The molecular weight excluding hydrogens is 184 g/mol. The lowest BCUT2D eigenvalue weighted by atomic mass is 10.4. The Hall–Kier alpha value is -1.49. The zero-order chi connectivity index (χ0) is 8.93. The van der Waals surface area contributed by atoms with Gasteiger partial charge in [0, 0.05) is 17.8 Å². The Kier molecular flexibility index (Phi) is 2.47. The van der Waals surface area contributed by atoms with Gasteiger partial charge in [-0.2, -0.15) is 0 Å². The lowest BCUT2D eigenvalue weighted by Gasteiger charge is -1.99. The van der Waals surface area contributed by atoms with Crippen LogP contribution in [0.3, 0.4) is 0 Å². The first-order chi connectivity index (χ1) is 6.45. The normalized spacial score (nSPS) is 9.85. The van der Waals surface area contributed by atoms with E-state index in [4.69, 9.17) is 0 Å². The van der Waals surface area contributed by atoms with Crippen molar-refractivity contribution in [3.05, 3.63) is 35.9 Å². The first-order valence-corrected chi connectivity index (χ1v) is 4.71. The fraction of sp³-hybridized carbons (Fsp3) is 0.125. The monoisotopic (exact) mass is 192 g/mol. The van der Waals surface area contributed by atoms with Crippen LogP contribution < -0.4 is 5.32 Å². The molecule has 0 spiro atoms. The summed E-state index contributed by atoms with van der Waals surface area (Å²) >= 11 is 1.58. The fourth-order valence-corrected chi connectivity index (χ4v) is 1.43. The van der Waals surface area contributed by atoms with Gasteiger partial charge in [-0.25, -0.2) is 15.0 Å². The van der Waals surface area contributed by atoms with Gasteiger partial charge in [0.1, 0.15) is 6.33 Å². The van der Waals surface area contributed by atoms with Crippen molar-refractivity contribution in [3.63, 3.8) is 0 Å². The molecule has 0 aliphatic heterocycles. The Labute approximate surface area is 79.7 Å². The zero-order valence-electron chi connectivity index (χ0n) is 6.84. The maximum atomic E-state index is 4.10. The summed E-state index contributed by atoms with van der Waals surface area (Å²) in [5.74, 6) is 0. The summed E-state index contributed by atoms with van der Waals surface area (Å²) in [6.07, 6.45) is 5.04. The topological polar surface area (TPSA) is 50.7 Å². The highest BCUT2D eigenvalue weighted by atomic mass is 32.1. The molecule has 13 heavy (non-hydrogen) atoms. The van der Waals surface area contributed by atoms with Gasteiger partial charge in [0.15, 0.2) is 5.13 Å². The molecule has 0 amide bonds. The molecule has 0 aromatic carbocycles. The predicted octanol–water partition coefficient (Wildman–Crippen LogP) is 1.55. The summed E-state index contributed by atoms with van der Waals surface area (Å²) < 4.78 is 0. The molecule has 0 radical (unpaired) electrons. The summed E-state index contributed by atoms with van der Waals surface area (Å²) in [6, 6.07) is 1.88. The van der Waals surface area contributed by atoms with E-state index in [9.17, 15) is 0 Å². The Morgan fingerprint density at radius 1 is 1.31 bits per heavy atom. The molecule has 0 bridgehead atoms. The van der Waals surface area contributed by atoms with Crippen molar-refractivity contribution < 1.29 is 0 Å². The molecule has 4 nitrogen and oxygen atoms in total. The van der Waals surface area contributed by atoms with Crippen molar-refractivity contribution in [3.8, 4) is 0 Å². The standard InChI is InChI=1S/C8H8N4S/c1-2-9-6-12-7(1)5-11-8-10-3-4-13-8/h1-4,6H,5H2,(H,10,11). The Morgan fingerprint density at radius 3 is 3.00 bits per heavy atom. The molecule has 1 N–H and O–H groups in total. The molecule has 0 aliphatic carbocycles. The summed E-state index contributed by atoms with van der Waals surface area (Å²) in [5, 5.41) is 6.01. The van der Waals surface area contributed by atoms with Gasteiger partial charge in [-0.1, -0.05) is 0 Å². The lowest BCUT2D eigenvalue weighted by Crippen LogP contribution is -2.00. The van der Waals surface area contributed by atoms with E-state index in [1.165, 1.54) is 0 Å². The van der Waals surface area contributed by atoms with Crippen LogP contribution in [0.1, 0.15) is 5.69 Å². The van der Waals surface area contributed by atoms with Gasteiger partial charge < -0.3 is 5.32 Å². The minimum atomic E-state index is 0.691. The van der Waals surface area contributed by atoms with Crippen molar-refractivity contribution in [2.75, 3.05) is 5.32 Å². The third-order valence-electron chi connectivity index (χ3n) is 1.50. The molecule has 5 heteroatoms. The van der Waals surface area contributed by atoms with Gasteiger partial charge >= 0.3 is 0 Å². The second-order valence-electron chi connectivity index (χ2n) is 2.39. The molecule has 0 unspecified atom stereocenters. The minimum Gasteiger partial charge on any atom is -0.356 e. The highest BCUT2D eigenvalue weighted by Gasteiger charge is 1.95. The predicted molar refractivity (Wildman–Crippen MR) is 51.5 cm³/mol. The van der Waals surface area contributed by atoms with Crippen molar-refractivity contribution in [2.45, 2.75) is 6.54 Å². The summed E-state index contributed by atoms with van der Waals surface area (Å²) in [5.41, 5.74) is 0.963. The van der Waals surface area contributed by atoms with Crippen LogP contribution in [0.2, 0.25) is 0 Å². The second-order valence-corrected chi connectivity index (χ2v) is 3.29. The average molecular weight is 192 g/mol. The van der Waals surface area contributed by atoms with E-state index in [2.05, 4.69) is 20.3 Å². The van der Waals surface area contributed by atoms with Gasteiger partial charge in [-0.3, -0.25) is 0 Å². The molecule has 0 saturated heterocycles. The molecule has 0 fully saturated rings. The summed E-state index contributed by atoms with van der Waals surface area (Å²) in [6.45, 7) is 0.691. The second kappa shape index (κ2) is 3.95. The number of nitrogens with one attached hydrogen (secondary N) is 1. The van der Waals surface area contributed by atoms with Crippen LogP contribution in [0.5, 0.6) is 0 Å². The quantitative estimate of drug-likeness (QED) is 0.801. The highest BCUT2D eigenvalue weighted by Crippen LogP contribution is 2.10. The van der Waals surface area contributed by atoms with Crippen molar-refractivity contribution in [1.29, 1.82) is 0 Å². The number of nitrogens with zero attached hydrogens (tertiary/aromatic N) is 3. The summed E-state index contributed by atoms with van der Waals surface area (Å²) in [4.78, 5) is 12.0. The van der Waals surface area contributed by atoms with Crippen LogP contribution in [0, 0.1) is 0 Å². The molecule has 2 rings (SSSR count). The number of aromatic nitrogens is 3. The van der Waals surface area contributed by atoms with Gasteiger partial charge in [-0.05, 0) is 6.07 Å². The Bertz CT molecular complexity index is 346. The van der Waals surface area contributed by atoms with Gasteiger partial charge in [0.25, 0.3) is 0 Å². The summed E-state index contributed by atoms with van der Waals surface area (Å²) in [7, 11) is 0. The van der Waals surface area contributed by atoms with E-state index in [1.54, 1.807) is 30.1 Å². The third-order valence-corrected chi connectivity index (χ3v) is 2.23. The first-order valence-electron chi connectivity index (χ1n) is 3.83. The minimum absolute atomic E-state index is 0.691. The van der Waals surface area contributed by atoms with Crippen LogP contribution in [0.4, 0.5) is 5.13 Å². The van der Waals surface area contributed by atoms with Crippen molar-refractivity contribution in [1.82, 2.24) is 15.0 Å². The van der Waals surface area contributed by atoms with Crippen molar-refractivity contribution in [2.24, 2.45) is 0 Å². The van der Waals surface area contributed by atoms with Gasteiger partial charge in [-0.15, -0.1) is 11.3 Å². The van der Waals surface area contributed by atoms with Gasteiger partial charge in [0.05, 0.1) is 12.2 Å². The lowest BCUT2D eigenvalue weighted by molar-refractivity contribution is 1.00. The number of hydrogen-bond donors (Lipinski definition) is 1. The molecule has 0 saturated carbocycles.